The normalized spacial score (nSPS) is 11.4. The number of sulfonamides is 1. The van der Waals surface area contributed by atoms with E-state index in [1.165, 1.54) is 0 Å². The summed E-state index contributed by atoms with van der Waals surface area (Å²) in [7, 11) is -3.82. The molecule has 0 amide bonds. The first-order valence-electron chi connectivity index (χ1n) is 4.93. The zero-order valence-corrected chi connectivity index (χ0v) is 10.1. The van der Waals surface area contributed by atoms with Crippen molar-refractivity contribution < 1.29 is 17.9 Å². The zero-order chi connectivity index (χ0) is 12.9. The quantitative estimate of drug-likeness (QED) is 0.554. The van der Waals surface area contributed by atoms with E-state index >= 15 is 0 Å². The molecule has 1 rings (SSSR count). The first-order chi connectivity index (χ1) is 8.03. The van der Waals surface area contributed by atoms with Crippen molar-refractivity contribution in [3.8, 4) is 0 Å². The lowest BCUT2D eigenvalue weighted by Gasteiger charge is -2.05. The van der Waals surface area contributed by atoms with Crippen LogP contribution in [0.1, 0.15) is 17.3 Å². The van der Waals surface area contributed by atoms with Gasteiger partial charge in [-0.2, -0.15) is 5.10 Å². The van der Waals surface area contributed by atoms with E-state index in [0.29, 0.717) is 0 Å². The van der Waals surface area contributed by atoms with Gasteiger partial charge < -0.3 is 10.5 Å². The Labute approximate surface area is 98.6 Å². The second-order valence-electron chi connectivity index (χ2n) is 3.02. The Hall–Kier alpha value is -1.45. The third-order valence-electron chi connectivity index (χ3n) is 1.80. The lowest BCUT2D eigenvalue weighted by atomic mass is 10.4. The van der Waals surface area contributed by atoms with Crippen LogP contribution in [0.15, 0.2) is 11.2 Å². The van der Waals surface area contributed by atoms with Gasteiger partial charge in [0, 0.05) is 13.1 Å². The van der Waals surface area contributed by atoms with Crippen molar-refractivity contribution >= 4 is 16.0 Å². The van der Waals surface area contributed by atoms with Crippen molar-refractivity contribution in [2.75, 3.05) is 19.7 Å². The van der Waals surface area contributed by atoms with E-state index < -0.39 is 16.0 Å². The minimum absolute atomic E-state index is 0.0730. The molecule has 0 radical (unpaired) electrons. The summed E-state index contributed by atoms with van der Waals surface area (Å²) in [5.74, 6) is -0.741. The van der Waals surface area contributed by atoms with Crippen LogP contribution < -0.4 is 10.5 Å². The fourth-order valence-electron chi connectivity index (χ4n) is 1.10. The predicted molar refractivity (Wildman–Crippen MR) is 58.8 cm³/mol. The number of hydrogen-bond donors (Lipinski definition) is 3. The number of nitrogens with zero attached hydrogens (tertiary/aromatic N) is 1. The summed E-state index contributed by atoms with van der Waals surface area (Å²) in [6.45, 7) is 2.00. The third kappa shape index (κ3) is 3.25. The van der Waals surface area contributed by atoms with E-state index in [-0.39, 0.29) is 30.3 Å². The molecule has 0 aliphatic carbocycles. The van der Waals surface area contributed by atoms with Crippen molar-refractivity contribution in [2.45, 2.75) is 11.9 Å². The van der Waals surface area contributed by atoms with E-state index in [1.54, 1.807) is 6.92 Å². The Morgan fingerprint density at radius 1 is 1.65 bits per heavy atom. The van der Waals surface area contributed by atoms with Crippen LogP contribution in [0.4, 0.5) is 0 Å². The summed E-state index contributed by atoms with van der Waals surface area (Å²) in [5.41, 5.74) is 5.06. The molecule has 0 aliphatic rings. The number of carbonyl (C=O) groups is 1. The van der Waals surface area contributed by atoms with Gasteiger partial charge in [0.2, 0.25) is 0 Å². The average molecular weight is 262 g/mol. The average Bonchev–Trinajstić information content (AvgIpc) is 2.76. The van der Waals surface area contributed by atoms with Crippen LogP contribution in [0, 0.1) is 0 Å². The molecular formula is C8H14N4O4S. The maximum absolute atomic E-state index is 11.7. The van der Waals surface area contributed by atoms with Crippen LogP contribution in [0.3, 0.4) is 0 Å². The van der Waals surface area contributed by atoms with Crippen molar-refractivity contribution in [1.29, 1.82) is 0 Å². The molecular weight excluding hydrogens is 248 g/mol. The van der Waals surface area contributed by atoms with Crippen molar-refractivity contribution in [3.63, 3.8) is 0 Å². The number of H-pyrrole nitrogens is 1. The van der Waals surface area contributed by atoms with E-state index in [4.69, 9.17) is 10.5 Å². The van der Waals surface area contributed by atoms with Gasteiger partial charge in [0.05, 0.1) is 12.8 Å². The van der Waals surface area contributed by atoms with Gasteiger partial charge in [-0.3, -0.25) is 5.10 Å². The molecule has 0 atom stereocenters. The summed E-state index contributed by atoms with van der Waals surface area (Å²) in [6.07, 6.45) is 1.11. The highest BCUT2D eigenvalue weighted by Gasteiger charge is 2.25. The Kier molecular flexibility index (Phi) is 4.61. The van der Waals surface area contributed by atoms with Crippen LogP contribution >= 0.6 is 0 Å². The van der Waals surface area contributed by atoms with Gasteiger partial charge in [-0.25, -0.2) is 17.9 Å². The van der Waals surface area contributed by atoms with Crippen LogP contribution in [0.25, 0.3) is 0 Å². The third-order valence-corrected chi connectivity index (χ3v) is 3.24. The highest BCUT2D eigenvalue weighted by atomic mass is 32.2. The number of aromatic amines is 1. The number of hydrogen-bond acceptors (Lipinski definition) is 6. The Bertz CT molecular complexity index is 481. The fourth-order valence-corrected chi connectivity index (χ4v) is 2.23. The Morgan fingerprint density at radius 2 is 2.35 bits per heavy atom. The van der Waals surface area contributed by atoms with Crippen molar-refractivity contribution in [1.82, 2.24) is 14.9 Å². The molecule has 0 aliphatic heterocycles. The lowest BCUT2D eigenvalue weighted by molar-refractivity contribution is 0.0522. The van der Waals surface area contributed by atoms with E-state index in [0.717, 1.165) is 6.20 Å². The molecule has 0 fully saturated rings. The number of ether oxygens (including phenoxy) is 1. The SMILES string of the molecule is CCOC(=O)c1cn[nH]c1S(=O)(=O)NCCN. The summed E-state index contributed by atoms with van der Waals surface area (Å²) in [4.78, 5) is 11.4. The zero-order valence-electron chi connectivity index (χ0n) is 9.26. The van der Waals surface area contributed by atoms with Crippen LogP contribution in [0.5, 0.6) is 0 Å². The number of carbonyl (C=O) groups excluding carboxylic acids is 1. The summed E-state index contributed by atoms with van der Waals surface area (Å²) in [6, 6.07) is 0. The topological polar surface area (TPSA) is 127 Å². The van der Waals surface area contributed by atoms with Gasteiger partial charge in [-0.05, 0) is 6.92 Å². The molecule has 0 bridgehead atoms. The maximum Gasteiger partial charge on any atom is 0.342 e. The molecule has 1 heterocycles. The van der Waals surface area contributed by atoms with Crippen LogP contribution in [-0.4, -0.2) is 44.3 Å². The first-order valence-corrected chi connectivity index (χ1v) is 6.41. The predicted octanol–water partition coefficient (Wildman–Crippen LogP) is -1.18. The van der Waals surface area contributed by atoms with Gasteiger partial charge in [0.1, 0.15) is 5.56 Å². The summed E-state index contributed by atoms with van der Waals surface area (Å²) >= 11 is 0. The van der Waals surface area contributed by atoms with Crippen molar-refractivity contribution in [2.24, 2.45) is 5.73 Å². The molecule has 4 N–H and O–H groups in total. The summed E-state index contributed by atoms with van der Waals surface area (Å²) < 4.78 is 30.4. The Morgan fingerprint density at radius 3 is 2.94 bits per heavy atom. The molecule has 0 aromatic carbocycles. The minimum atomic E-state index is -3.82. The molecule has 0 saturated heterocycles. The molecule has 17 heavy (non-hydrogen) atoms. The molecule has 96 valence electrons. The molecule has 1 aromatic heterocycles. The molecule has 0 spiro atoms. The highest BCUT2D eigenvalue weighted by molar-refractivity contribution is 7.89. The minimum Gasteiger partial charge on any atom is -0.462 e. The number of aromatic nitrogens is 2. The highest BCUT2D eigenvalue weighted by Crippen LogP contribution is 2.12. The van der Waals surface area contributed by atoms with Gasteiger partial charge in [-0.15, -0.1) is 0 Å². The van der Waals surface area contributed by atoms with Gasteiger partial charge >= 0.3 is 5.97 Å². The Balaban J connectivity index is 2.99. The number of nitrogens with two attached hydrogens (primary N) is 1. The van der Waals surface area contributed by atoms with E-state index in [1.807, 2.05) is 0 Å². The van der Waals surface area contributed by atoms with E-state index in [9.17, 15) is 13.2 Å². The van der Waals surface area contributed by atoms with Gasteiger partial charge in [-0.1, -0.05) is 0 Å². The number of esters is 1. The lowest BCUT2D eigenvalue weighted by Crippen LogP contribution is -2.30. The molecule has 8 nitrogen and oxygen atoms in total. The van der Waals surface area contributed by atoms with Gasteiger partial charge in [0.25, 0.3) is 10.0 Å². The largest absolute Gasteiger partial charge is 0.462 e. The number of rotatable bonds is 6. The molecule has 0 unspecified atom stereocenters. The van der Waals surface area contributed by atoms with Crippen molar-refractivity contribution in [3.05, 3.63) is 11.8 Å². The van der Waals surface area contributed by atoms with E-state index in [2.05, 4.69) is 14.9 Å². The first kappa shape index (κ1) is 13.6. The molecule has 0 saturated carbocycles. The monoisotopic (exact) mass is 262 g/mol. The summed E-state index contributed by atoms with van der Waals surface area (Å²) in [5, 5.41) is 5.46. The fraction of sp³-hybridized carbons (Fsp3) is 0.500. The van der Waals surface area contributed by atoms with Crippen LogP contribution in [0.2, 0.25) is 0 Å². The maximum atomic E-state index is 11.7. The standard InChI is InChI=1S/C8H14N4O4S/c1-2-16-8(13)6-5-10-12-7(6)17(14,15)11-4-3-9/h5,11H,2-4,9H2,1H3,(H,10,12). The number of nitrogens with one attached hydrogen (secondary N) is 2. The second-order valence-corrected chi connectivity index (χ2v) is 4.72. The molecule has 9 heteroatoms. The van der Waals surface area contributed by atoms with Crippen LogP contribution in [-0.2, 0) is 14.8 Å². The van der Waals surface area contributed by atoms with Gasteiger partial charge in [0.15, 0.2) is 5.03 Å². The molecule has 1 aromatic rings. The smallest absolute Gasteiger partial charge is 0.342 e. The second kappa shape index (κ2) is 5.75.